The Hall–Kier alpha value is -0.0800. The second-order valence-electron chi connectivity index (χ2n) is 3.90. The van der Waals surface area contributed by atoms with E-state index in [4.69, 9.17) is 10.5 Å². The molecule has 1 aliphatic carbocycles. The summed E-state index contributed by atoms with van der Waals surface area (Å²) in [5.74, 6) is 1.64. The van der Waals surface area contributed by atoms with Crippen molar-refractivity contribution in [1.82, 2.24) is 0 Å². The van der Waals surface area contributed by atoms with Crippen molar-refractivity contribution < 1.29 is 4.74 Å². The lowest BCUT2D eigenvalue weighted by Crippen LogP contribution is -2.41. The van der Waals surface area contributed by atoms with Gasteiger partial charge in [-0.05, 0) is 31.1 Å². The van der Waals surface area contributed by atoms with Gasteiger partial charge in [0.05, 0.1) is 6.10 Å². The summed E-state index contributed by atoms with van der Waals surface area (Å²) in [6.07, 6.45) is 5.88. The van der Waals surface area contributed by atoms with Gasteiger partial charge in [-0.1, -0.05) is 6.42 Å². The number of hydrogen-bond donors (Lipinski definition) is 1. The molecule has 2 rings (SSSR count). The van der Waals surface area contributed by atoms with Crippen LogP contribution < -0.4 is 5.73 Å². The molecule has 1 saturated carbocycles. The largest absolute Gasteiger partial charge is 0.376 e. The molecule has 11 heavy (non-hydrogen) atoms. The fraction of sp³-hybridized carbons (Fsp3) is 1.00. The van der Waals surface area contributed by atoms with Gasteiger partial charge in [0.25, 0.3) is 0 Å². The van der Waals surface area contributed by atoms with Crippen LogP contribution in [0.2, 0.25) is 0 Å². The molecule has 0 aromatic rings. The fourth-order valence-electron chi connectivity index (χ4n) is 2.48. The maximum atomic E-state index is 5.67. The van der Waals surface area contributed by atoms with Crippen LogP contribution in [0.5, 0.6) is 0 Å². The first-order chi connectivity index (χ1) is 5.40. The predicted molar refractivity (Wildman–Crippen MR) is 44.2 cm³/mol. The minimum Gasteiger partial charge on any atom is -0.376 e. The highest BCUT2D eigenvalue weighted by Crippen LogP contribution is 2.36. The van der Waals surface area contributed by atoms with Crippen LogP contribution in [0, 0.1) is 11.8 Å². The quantitative estimate of drug-likeness (QED) is 0.616. The van der Waals surface area contributed by atoms with E-state index in [2.05, 4.69) is 0 Å². The molecule has 0 radical (unpaired) electrons. The van der Waals surface area contributed by atoms with Crippen LogP contribution in [0.15, 0.2) is 0 Å². The van der Waals surface area contributed by atoms with Gasteiger partial charge < -0.3 is 10.5 Å². The first-order valence-electron chi connectivity index (χ1n) is 4.72. The molecule has 0 aromatic carbocycles. The Morgan fingerprint density at radius 1 is 1.36 bits per heavy atom. The van der Waals surface area contributed by atoms with E-state index in [0.29, 0.717) is 6.10 Å². The van der Waals surface area contributed by atoms with Crippen molar-refractivity contribution in [2.24, 2.45) is 17.6 Å². The number of nitrogens with two attached hydrogens (primary N) is 1. The Morgan fingerprint density at radius 2 is 2.27 bits per heavy atom. The van der Waals surface area contributed by atoms with Crippen molar-refractivity contribution in [3.05, 3.63) is 0 Å². The lowest BCUT2D eigenvalue weighted by atomic mass is 9.77. The van der Waals surface area contributed by atoms with Crippen LogP contribution in [0.1, 0.15) is 25.7 Å². The Balaban J connectivity index is 1.97. The van der Waals surface area contributed by atoms with Crippen molar-refractivity contribution in [2.75, 3.05) is 13.2 Å². The Morgan fingerprint density at radius 3 is 3.09 bits per heavy atom. The summed E-state index contributed by atoms with van der Waals surface area (Å²) < 4.78 is 5.67. The van der Waals surface area contributed by atoms with Crippen LogP contribution in [0.3, 0.4) is 0 Å². The SMILES string of the molecule is NCC1OCC2CCCC1C2. The fourth-order valence-corrected chi connectivity index (χ4v) is 2.48. The molecule has 1 saturated heterocycles. The van der Waals surface area contributed by atoms with Crippen molar-refractivity contribution in [2.45, 2.75) is 31.8 Å². The molecular weight excluding hydrogens is 138 g/mol. The summed E-state index contributed by atoms with van der Waals surface area (Å²) in [5.41, 5.74) is 5.61. The van der Waals surface area contributed by atoms with Gasteiger partial charge >= 0.3 is 0 Å². The summed E-state index contributed by atoms with van der Waals surface area (Å²) in [7, 11) is 0. The van der Waals surface area contributed by atoms with Gasteiger partial charge in [0.15, 0.2) is 0 Å². The number of rotatable bonds is 1. The topological polar surface area (TPSA) is 35.2 Å². The van der Waals surface area contributed by atoms with E-state index < -0.39 is 0 Å². The third kappa shape index (κ3) is 1.42. The maximum Gasteiger partial charge on any atom is 0.0725 e. The van der Waals surface area contributed by atoms with Crippen LogP contribution in [0.25, 0.3) is 0 Å². The van der Waals surface area contributed by atoms with Gasteiger partial charge in [0, 0.05) is 13.2 Å². The van der Waals surface area contributed by atoms with E-state index >= 15 is 0 Å². The molecule has 64 valence electrons. The summed E-state index contributed by atoms with van der Waals surface area (Å²) in [6.45, 7) is 1.69. The average molecular weight is 155 g/mol. The maximum absolute atomic E-state index is 5.67. The highest BCUT2D eigenvalue weighted by atomic mass is 16.5. The minimum atomic E-state index is 0.381. The third-order valence-corrected chi connectivity index (χ3v) is 3.13. The van der Waals surface area contributed by atoms with Crippen LogP contribution in [-0.4, -0.2) is 19.3 Å². The Bertz CT molecular complexity index is 138. The zero-order valence-electron chi connectivity index (χ0n) is 6.96. The molecular formula is C9H17NO. The minimum absolute atomic E-state index is 0.381. The van der Waals surface area contributed by atoms with E-state index in [1.165, 1.54) is 25.7 Å². The molecule has 2 nitrogen and oxygen atoms in total. The molecule has 2 heteroatoms. The Labute approximate surface area is 68.1 Å². The van der Waals surface area contributed by atoms with E-state index in [9.17, 15) is 0 Å². The molecule has 0 amide bonds. The van der Waals surface area contributed by atoms with Crippen molar-refractivity contribution in [3.63, 3.8) is 0 Å². The number of hydrogen-bond acceptors (Lipinski definition) is 2. The Kier molecular flexibility index (Phi) is 2.14. The molecule has 2 bridgehead atoms. The lowest BCUT2D eigenvalue weighted by molar-refractivity contribution is -0.0706. The van der Waals surface area contributed by atoms with Crippen LogP contribution >= 0.6 is 0 Å². The van der Waals surface area contributed by atoms with Gasteiger partial charge in [-0.15, -0.1) is 0 Å². The summed E-state index contributed by atoms with van der Waals surface area (Å²) >= 11 is 0. The van der Waals surface area contributed by atoms with Crippen LogP contribution in [0.4, 0.5) is 0 Å². The smallest absolute Gasteiger partial charge is 0.0725 e. The summed E-state index contributed by atoms with van der Waals surface area (Å²) in [4.78, 5) is 0. The standard InChI is InChI=1S/C9H17NO/c10-5-9-8-3-1-2-7(4-8)6-11-9/h7-9H,1-6,10H2. The van der Waals surface area contributed by atoms with Gasteiger partial charge in [0.1, 0.15) is 0 Å². The molecule has 3 unspecified atom stereocenters. The zero-order chi connectivity index (χ0) is 7.68. The highest BCUT2D eigenvalue weighted by Gasteiger charge is 2.32. The van der Waals surface area contributed by atoms with E-state index in [0.717, 1.165) is 25.0 Å². The molecule has 0 aromatic heterocycles. The van der Waals surface area contributed by atoms with Crippen LogP contribution in [-0.2, 0) is 4.74 Å². The molecule has 2 aliphatic rings. The lowest BCUT2D eigenvalue weighted by Gasteiger charge is -2.39. The van der Waals surface area contributed by atoms with Crippen molar-refractivity contribution in [1.29, 1.82) is 0 Å². The van der Waals surface area contributed by atoms with Gasteiger partial charge in [-0.3, -0.25) is 0 Å². The number of fused-ring (bicyclic) bond motifs is 2. The van der Waals surface area contributed by atoms with Gasteiger partial charge in [0.2, 0.25) is 0 Å². The molecule has 3 atom stereocenters. The van der Waals surface area contributed by atoms with Gasteiger partial charge in [-0.2, -0.15) is 0 Å². The van der Waals surface area contributed by atoms with E-state index in [-0.39, 0.29) is 0 Å². The van der Waals surface area contributed by atoms with Crippen molar-refractivity contribution >= 4 is 0 Å². The number of ether oxygens (including phenoxy) is 1. The molecule has 1 heterocycles. The average Bonchev–Trinajstić information content (AvgIpc) is 2.06. The van der Waals surface area contributed by atoms with Gasteiger partial charge in [-0.25, -0.2) is 0 Å². The predicted octanol–water partition coefficient (Wildman–Crippen LogP) is 1.15. The highest BCUT2D eigenvalue weighted by molar-refractivity contribution is 4.83. The molecule has 2 N–H and O–H groups in total. The first kappa shape index (κ1) is 7.56. The summed E-state index contributed by atoms with van der Waals surface area (Å²) in [5, 5.41) is 0. The monoisotopic (exact) mass is 155 g/mol. The second-order valence-corrected chi connectivity index (χ2v) is 3.90. The molecule has 2 fully saturated rings. The zero-order valence-corrected chi connectivity index (χ0v) is 6.96. The summed E-state index contributed by atoms with van der Waals surface area (Å²) in [6, 6.07) is 0. The third-order valence-electron chi connectivity index (χ3n) is 3.13. The first-order valence-corrected chi connectivity index (χ1v) is 4.72. The van der Waals surface area contributed by atoms with E-state index in [1.807, 2.05) is 0 Å². The second kappa shape index (κ2) is 3.11. The molecule has 1 aliphatic heterocycles. The molecule has 0 spiro atoms. The van der Waals surface area contributed by atoms with E-state index in [1.54, 1.807) is 0 Å². The normalized spacial score (nSPS) is 43.9. The van der Waals surface area contributed by atoms with Crippen molar-refractivity contribution in [3.8, 4) is 0 Å².